The molecule has 0 saturated heterocycles. The number of nitro benzene ring substituents is 1. The second-order valence-corrected chi connectivity index (χ2v) is 4.34. The van der Waals surface area contributed by atoms with E-state index in [1.165, 1.54) is 34.9 Å². The van der Waals surface area contributed by atoms with Crippen LogP contribution >= 0.6 is 0 Å². The summed E-state index contributed by atoms with van der Waals surface area (Å²) in [7, 11) is 0. The molecule has 21 heavy (non-hydrogen) atoms. The summed E-state index contributed by atoms with van der Waals surface area (Å²) in [5.41, 5.74) is 1.54. The highest BCUT2D eigenvalue weighted by molar-refractivity contribution is 5.65. The first-order valence-corrected chi connectivity index (χ1v) is 5.92. The largest absolute Gasteiger partial charge is 0.300 e. The van der Waals surface area contributed by atoms with Gasteiger partial charge in [-0.05, 0) is 6.07 Å². The van der Waals surface area contributed by atoms with E-state index < -0.39 is 9.85 Å². The minimum atomic E-state index is -0.494. The highest BCUT2D eigenvalue weighted by atomic mass is 16.6. The Hall–Kier alpha value is -3.29. The highest BCUT2D eigenvalue weighted by Gasteiger charge is 2.12. The maximum atomic E-state index is 10.8. The summed E-state index contributed by atoms with van der Waals surface area (Å²) in [5.74, 6) is 0. The van der Waals surface area contributed by atoms with Crippen LogP contribution in [0, 0.1) is 20.2 Å². The zero-order valence-corrected chi connectivity index (χ0v) is 10.5. The van der Waals surface area contributed by atoms with Crippen molar-refractivity contribution in [2.45, 2.75) is 0 Å². The Labute approximate surface area is 117 Å². The molecule has 0 amide bonds. The summed E-state index contributed by atoms with van der Waals surface area (Å²) in [4.78, 5) is 24.8. The second kappa shape index (κ2) is 4.67. The molecule has 3 aromatic rings. The third-order valence-electron chi connectivity index (χ3n) is 3.00. The van der Waals surface area contributed by atoms with Crippen molar-refractivity contribution in [1.82, 2.24) is 9.38 Å². The minimum Gasteiger partial charge on any atom is -0.300 e. The summed E-state index contributed by atoms with van der Waals surface area (Å²) >= 11 is 0. The number of aromatic nitrogens is 2. The number of nitrogens with zero attached hydrogens (tertiary/aromatic N) is 4. The number of hydrogen-bond acceptors (Lipinski definition) is 5. The lowest BCUT2D eigenvalue weighted by atomic mass is 10.1. The van der Waals surface area contributed by atoms with Crippen molar-refractivity contribution in [2.24, 2.45) is 0 Å². The van der Waals surface area contributed by atoms with E-state index in [0.717, 1.165) is 0 Å². The average molecular weight is 284 g/mol. The van der Waals surface area contributed by atoms with Crippen LogP contribution in [0.3, 0.4) is 0 Å². The summed E-state index contributed by atoms with van der Waals surface area (Å²) in [5, 5.41) is 21.5. The van der Waals surface area contributed by atoms with Crippen LogP contribution in [0.2, 0.25) is 0 Å². The predicted octanol–water partition coefficient (Wildman–Crippen LogP) is 2.82. The van der Waals surface area contributed by atoms with Crippen LogP contribution in [0.25, 0.3) is 16.9 Å². The van der Waals surface area contributed by atoms with Gasteiger partial charge in [0.25, 0.3) is 11.4 Å². The Kier molecular flexibility index (Phi) is 2.83. The van der Waals surface area contributed by atoms with Gasteiger partial charge >= 0.3 is 0 Å². The molecule has 0 aliphatic heterocycles. The molecule has 8 heteroatoms. The Balaban J connectivity index is 2.10. The van der Waals surface area contributed by atoms with E-state index in [-0.39, 0.29) is 11.4 Å². The fraction of sp³-hybridized carbons (Fsp3) is 0. The number of imidazole rings is 1. The van der Waals surface area contributed by atoms with Crippen molar-refractivity contribution < 1.29 is 9.85 Å². The van der Waals surface area contributed by atoms with Gasteiger partial charge in [0.1, 0.15) is 5.65 Å². The minimum absolute atomic E-state index is 0.0319. The van der Waals surface area contributed by atoms with Crippen LogP contribution in [0.4, 0.5) is 11.4 Å². The first-order valence-electron chi connectivity index (χ1n) is 5.92. The molecule has 2 aromatic heterocycles. The molecule has 1 aromatic carbocycles. The van der Waals surface area contributed by atoms with Gasteiger partial charge < -0.3 is 0 Å². The van der Waals surface area contributed by atoms with E-state index in [1.54, 1.807) is 18.3 Å². The molecular formula is C13H8N4O4. The molecule has 0 spiro atoms. The fourth-order valence-corrected chi connectivity index (χ4v) is 2.01. The van der Waals surface area contributed by atoms with Crippen molar-refractivity contribution in [3.8, 4) is 11.3 Å². The Bertz CT molecular complexity index is 871. The maximum Gasteiger partial charge on any atom is 0.286 e. The van der Waals surface area contributed by atoms with E-state index in [9.17, 15) is 20.2 Å². The molecule has 2 heterocycles. The fourth-order valence-electron chi connectivity index (χ4n) is 2.01. The summed E-state index contributed by atoms with van der Waals surface area (Å²) < 4.78 is 1.52. The van der Waals surface area contributed by atoms with Crippen LogP contribution in [0.15, 0.2) is 48.8 Å². The van der Waals surface area contributed by atoms with E-state index in [2.05, 4.69) is 4.98 Å². The van der Waals surface area contributed by atoms with Crippen molar-refractivity contribution in [1.29, 1.82) is 0 Å². The van der Waals surface area contributed by atoms with Crippen LogP contribution in [0.1, 0.15) is 0 Å². The molecule has 0 bridgehead atoms. The lowest BCUT2D eigenvalue weighted by molar-refractivity contribution is -0.385. The van der Waals surface area contributed by atoms with Crippen molar-refractivity contribution in [3.63, 3.8) is 0 Å². The molecule has 0 N–H and O–H groups in total. The van der Waals surface area contributed by atoms with Crippen molar-refractivity contribution in [3.05, 3.63) is 69.0 Å². The van der Waals surface area contributed by atoms with Gasteiger partial charge in [0, 0.05) is 30.0 Å². The predicted molar refractivity (Wildman–Crippen MR) is 73.9 cm³/mol. The van der Waals surface area contributed by atoms with Gasteiger partial charge in [-0.2, -0.15) is 0 Å². The number of hydrogen-bond donors (Lipinski definition) is 0. The van der Waals surface area contributed by atoms with Crippen LogP contribution < -0.4 is 0 Å². The summed E-state index contributed by atoms with van der Waals surface area (Å²) in [6.07, 6.45) is 2.95. The lowest BCUT2D eigenvalue weighted by Crippen LogP contribution is -1.90. The monoisotopic (exact) mass is 284 g/mol. The topological polar surface area (TPSA) is 104 Å². The SMILES string of the molecule is O=[N+]([O-])c1cccc(-c2cn3cc([N+](=O)[O-])ccc3n2)c1. The van der Waals surface area contributed by atoms with Crippen LogP contribution in [-0.2, 0) is 0 Å². The Morgan fingerprint density at radius 1 is 0.952 bits per heavy atom. The standard InChI is InChI=1S/C13H8N4O4/c18-16(19)10-3-1-2-9(6-10)12-8-15-7-11(17(20)21)4-5-13(15)14-12/h1-8H. The molecule has 0 radical (unpaired) electrons. The van der Waals surface area contributed by atoms with E-state index in [1.807, 2.05) is 0 Å². The summed E-state index contributed by atoms with van der Waals surface area (Å²) in [6.45, 7) is 0. The first kappa shape index (κ1) is 12.7. The van der Waals surface area contributed by atoms with Gasteiger partial charge in [-0.25, -0.2) is 4.98 Å². The first-order chi connectivity index (χ1) is 10.0. The third kappa shape index (κ3) is 2.29. The van der Waals surface area contributed by atoms with Gasteiger partial charge in [-0.3, -0.25) is 24.6 Å². The van der Waals surface area contributed by atoms with E-state index in [4.69, 9.17) is 0 Å². The Morgan fingerprint density at radius 3 is 2.43 bits per heavy atom. The molecule has 0 aliphatic carbocycles. The Morgan fingerprint density at radius 2 is 1.71 bits per heavy atom. The lowest BCUT2D eigenvalue weighted by Gasteiger charge is -1.95. The molecule has 104 valence electrons. The highest BCUT2D eigenvalue weighted by Crippen LogP contribution is 2.24. The molecule has 0 unspecified atom stereocenters. The van der Waals surface area contributed by atoms with Gasteiger partial charge in [-0.1, -0.05) is 12.1 Å². The molecule has 0 atom stereocenters. The van der Waals surface area contributed by atoms with E-state index >= 15 is 0 Å². The number of nitro groups is 2. The van der Waals surface area contributed by atoms with Gasteiger partial charge in [0.2, 0.25) is 0 Å². The molecule has 0 fully saturated rings. The normalized spacial score (nSPS) is 10.7. The maximum absolute atomic E-state index is 10.8. The van der Waals surface area contributed by atoms with Gasteiger partial charge in [0.15, 0.2) is 0 Å². The number of non-ortho nitro benzene ring substituents is 1. The number of pyridine rings is 1. The zero-order chi connectivity index (χ0) is 15.0. The molecule has 3 rings (SSSR count). The number of benzene rings is 1. The number of rotatable bonds is 3. The third-order valence-corrected chi connectivity index (χ3v) is 3.00. The zero-order valence-electron chi connectivity index (χ0n) is 10.5. The number of fused-ring (bicyclic) bond motifs is 1. The average Bonchev–Trinajstić information content (AvgIpc) is 2.90. The van der Waals surface area contributed by atoms with E-state index in [0.29, 0.717) is 16.9 Å². The van der Waals surface area contributed by atoms with Crippen LogP contribution in [0.5, 0.6) is 0 Å². The molecule has 0 saturated carbocycles. The van der Waals surface area contributed by atoms with Gasteiger partial charge in [0.05, 0.1) is 21.7 Å². The second-order valence-electron chi connectivity index (χ2n) is 4.34. The van der Waals surface area contributed by atoms with Gasteiger partial charge in [-0.15, -0.1) is 0 Å². The molecule has 8 nitrogen and oxygen atoms in total. The smallest absolute Gasteiger partial charge is 0.286 e. The quantitative estimate of drug-likeness (QED) is 0.543. The van der Waals surface area contributed by atoms with Crippen LogP contribution in [-0.4, -0.2) is 19.2 Å². The molecule has 0 aliphatic rings. The summed E-state index contributed by atoms with van der Waals surface area (Å²) in [6, 6.07) is 8.96. The van der Waals surface area contributed by atoms with Crippen molar-refractivity contribution in [2.75, 3.05) is 0 Å². The molecular weight excluding hydrogens is 276 g/mol. The van der Waals surface area contributed by atoms with Crippen molar-refractivity contribution >= 4 is 17.0 Å².